The van der Waals surface area contributed by atoms with Gasteiger partial charge in [-0.3, -0.25) is 0 Å². The predicted molar refractivity (Wildman–Crippen MR) is 64.2 cm³/mol. The highest BCUT2D eigenvalue weighted by atomic mass is 16.3. The van der Waals surface area contributed by atoms with Crippen LogP contribution in [0.25, 0.3) is 6.08 Å². The van der Waals surface area contributed by atoms with E-state index in [9.17, 15) is 0 Å². The van der Waals surface area contributed by atoms with Gasteiger partial charge in [-0.05, 0) is 19.8 Å². The first kappa shape index (κ1) is 9.78. The summed E-state index contributed by atoms with van der Waals surface area (Å²) in [7, 11) is 0. The molecular weight excluding hydrogens is 202 g/mol. The van der Waals surface area contributed by atoms with Crippen molar-refractivity contribution in [2.75, 3.05) is 18.0 Å². The lowest BCUT2D eigenvalue weighted by atomic mass is 10.1. The molecule has 0 aromatic carbocycles. The highest BCUT2D eigenvalue weighted by molar-refractivity contribution is 5.47. The van der Waals surface area contributed by atoms with Crippen LogP contribution in [-0.2, 0) is 0 Å². The highest BCUT2D eigenvalue weighted by Crippen LogP contribution is 2.15. The van der Waals surface area contributed by atoms with Crippen molar-refractivity contribution < 1.29 is 5.11 Å². The number of aromatic nitrogens is 2. The minimum absolute atomic E-state index is 0.0635. The van der Waals surface area contributed by atoms with Crippen LogP contribution in [0, 0.1) is 0 Å². The van der Waals surface area contributed by atoms with Gasteiger partial charge in [0.05, 0.1) is 6.10 Å². The standard InChI is InChI=1S/C12H17N3O/c1-2-3-10-8-13-12(14-9-10)15-6-4-11(16)5-7-15/h2-3,8-9,11,16H,4-7H2,1H3/i16D. The Balaban J connectivity index is 1.98. The smallest absolute Gasteiger partial charge is 0.225 e. The van der Waals surface area contributed by atoms with Gasteiger partial charge in [-0.2, -0.15) is 0 Å². The van der Waals surface area contributed by atoms with Gasteiger partial charge in [-0.25, -0.2) is 9.97 Å². The summed E-state index contributed by atoms with van der Waals surface area (Å²) in [5, 5.41) is 4.60. The Morgan fingerprint density at radius 3 is 2.69 bits per heavy atom. The van der Waals surface area contributed by atoms with E-state index in [1.807, 2.05) is 31.5 Å². The zero-order valence-electron chi connectivity index (χ0n) is 10.5. The molecular formula is C12H17N3O. The molecule has 0 saturated carbocycles. The van der Waals surface area contributed by atoms with Gasteiger partial charge in [0.2, 0.25) is 7.38 Å². The number of hydrogen-bond acceptors (Lipinski definition) is 4. The summed E-state index contributed by atoms with van der Waals surface area (Å²) in [6, 6.07) is 0. The molecule has 2 rings (SSSR count). The molecule has 0 radical (unpaired) electrons. The Hall–Kier alpha value is -1.42. The normalized spacial score (nSPS) is 19.1. The van der Waals surface area contributed by atoms with E-state index in [1.54, 1.807) is 0 Å². The van der Waals surface area contributed by atoms with Gasteiger partial charge in [-0.15, -0.1) is 0 Å². The number of hydrogen-bond donors (Lipinski definition) is 1. The number of piperidine rings is 1. The summed E-state index contributed by atoms with van der Waals surface area (Å²) in [5.74, 6) is 0.765. The highest BCUT2D eigenvalue weighted by Gasteiger charge is 2.18. The fourth-order valence-corrected chi connectivity index (χ4v) is 1.83. The van der Waals surface area contributed by atoms with E-state index < -0.39 is 0 Å². The molecule has 4 nitrogen and oxygen atoms in total. The van der Waals surface area contributed by atoms with Crippen molar-refractivity contribution in [3.8, 4) is 0 Å². The van der Waals surface area contributed by atoms with Gasteiger partial charge in [-0.1, -0.05) is 12.2 Å². The number of anilines is 1. The predicted octanol–water partition coefficient (Wildman–Crippen LogP) is 1.47. The van der Waals surface area contributed by atoms with Gasteiger partial charge in [0.15, 0.2) is 0 Å². The number of allylic oxidation sites excluding steroid dienone is 1. The summed E-state index contributed by atoms with van der Waals surface area (Å²) < 4.78 is 6.88. The second kappa shape index (κ2) is 5.07. The van der Waals surface area contributed by atoms with Crippen LogP contribution in [0.1, 0.15) is 25.3 Å². The van der Waals surface area contributed by atoms with E-state index in [1.165, 1.54) is 0 Å². The lowest BCUT2D eigenvalue weighted by molar-refractivity contribution is 0.145. The van der Waals surface area contributed by atoms with Crippen molar-refractivity contribution in [3.63, 3.8) is 0 Å². The third-order valence-electron chi connectivity index (χ3n) is 2.74. The van der Waals surface area contributed by atoms with Crippen LogP contribution in [-0.4, -0.2) is 35.7 Å². The van der Waals surface area contributed by atoms with E-state index in [2.05, 4.69) is 20.0 Å². The average molecular weight is 220 g/mol. The summed E-state index contributed by atoms with van der Waals surface area (Å²) in [5.41, 5.74) is 1.01. The van der Waals surface area contributed by atoms with Gasteiger partial charge < -0.3 is 10.0 Å². The number of aliphatic hydroxyl groups is 1. The number of aliphatic hydroxyl groups excluding tert-OH is 1. The molecule has 1 aromatic heterocycles. The molecule has 0 unspecified atom stereocenters. The molecule has 0 aliphatic carbocycles. The van der Waals surface area contributed by atoms with Crippen molar-refractivity contribution in [1.82, 2.24) is 9.97 Å². The Labute approximate surface area is 97.1 Å². The molecule has 2 heterocycles. The average Bonchev–Trinajstić information content (AvgIpc) is 2.40. The van der Waals surface area contributed by atoms with Crippen LogP contribution >= 0.6 is 0 Å². The first-order valence-electron chi connectivity index (χ1n) is 6.06. The second-order valence-electron chi connectivity index (χ2n) is 4.00. The molecule has 4 heteroatoms. The number of rotatable bonds is 3. The SMILES string of the molecule is [2H]OC1CCN(c2ncc(C=CC)cn2)CC1. The molecule has 1 aliphatic rings. The molecule has 1 fully saturated rings. The summed E-state index contributed by atoms with van der Waals surface area (Å²) in [6.45, 7) is 3.68. The fraction of sp³-hybridized carbons (Fsp3) is 0.500. The van der Waals surface area contributed by atoms with Gasteiger partial charge in [0.25, 0.3) is 0 Å². The first-order chi connectivity index (χ1) is 8.33. The quantitative estimate of drug-likeness (QED) is 0.838. The van der Waals surface area contributed by atoms with Crippen LogP contribution < -0.4 is 4.90 Å². The van der Waals surface area contributed by atoms with Crippen molar-refractivity contribution in [2.24, 2.45) is 0 Å². The topological polar surface area (TPSA) is 49.2 Å². The summed E-state index contributed by atoms with van der Waals surface area (Å²) in [6.07, 6.45) is 9.39. The molecule has 1 N–H and O–H groups in total. The third kappa shape index (κ3) is 2.58. The monoisotopic (exact) mass is 220 g/mol. The second-order valence-corrected chi connectivity index (χ2v) is 4.00. The van der Waals surface area contributed by atoms with Crippen LogP contribution in [0.4, 0.5) is 5.95 Å². The maximum Gasteiger partial charge on any atom is 0.225 e. The molecule has 1 saturated heterocycles. The molecule has 16 heavy (non-hydrogen) atoms. The fourth-order valence-electron chi connectivity index (χ4n) is 1.83. The Morgan fingerprint density at radius 1 is 1.44 bits per heavy atom. The molecule has 1 aliphatic heterocycles. The molecule has 0 atom stereocenters. The molecule has 0 spiro atoms. The van der Waals surface area contributed by atoms with E-state index >= 15 is 0 Å². The van der Waals surface area contributed by atoms with Crippen LogP contribution in [0.3, 0.4) is 0 Å². The largest absolute Gasteiger partial charge is 0.393 e. The van der Waals surface area contributed by atoms with Crippen LogP contribution in [0.15, 0.2) is 18.5 Å². The lowest BCUT2D eigenvalue weighted by Crippen LogP contribution is -2.36. The van der Waals surface area contributed by atoms with Crippen molar-refractivity contribution in [2.45, 2.75) is 25.9 Å². The maximum absolute atomic E-state index is 6.88. The maximum atomic E-state index is 6.88. The molecule has 86 valence electrons. The summed E-state index contributed by atoms with van der Waals surface area (Å²) in [4.78, 5) is 10.8. The van der Waals surface area contributed by atoms with E-state index in [4.69, 9.17) is 1.43 Å². The molecule has 1 aromatic rings. The lowest BCUT2D eigenvalue weighted by Gasteiger charge is -2.29. The van der Waals surface area contributed by atoms with Crippen LogP contribution in [0.5, 0.6) is 0 Å². The van der Waals surface area contributed by atoms with Crippen molar-refractivity contribution >= 4 is 12.0 Å². The third-order valence-corrected chi connectivity index (χ3v) is 2.74. The Morgan fingerprint density at radius 2 is 2.12 bits per heavy atom. The minimum Gasteiger partial charge on any atom is -0.393 e. The molecule has 0 bridgehead atoms. The Bertz CT molecular complexity index is 372. The minimum atomic E-state index is 0.0635. The Kier molecular flexibility index (Phi) is 3.10. The van der Waals surface area contributed by atoms with Gasteiger partial charge >= 0.3 is 0 Å². The zero-order valence-corrected chi connectivity index (χ0v) is 9.47. The number of nitrogens with zero attached hydrogens (tertiary/aromatic N) is 3. The van der Waals surface area contributed by atoms with Crippen molar-refractivity contribution in [1.29, 1.82) is 1.43 Å². The van der Waals surface area contributed by atoms with E-state index in [0.717, 1.165) is 37.4 Å². The zero-order chi connectivity index (χ0) is 12.1. The van der Waals surface area contributed by atoms with Gasteiger partial charge in [0.1, 0.15) is 0 Å². The van der Waals surface area contributed by atoms with E-state index in [0.29, 0.717) is 0 Å². The van der Waals surface area contributed by atoms with Crippen molar-refractivity contribution in [3.05, 3.63) is 24.0 Å². The van der Waals surface area contributed by atoms with Crippen LogP contribution in [0.2, 0.25) is 0 Å². The first-order valence-corrected chi connectivity index (χ1v) is 5.65. The molecule has 0 amide bonds. The summed E-state index contributed by atoms with van der Waals surface area (Å²) >= 11 is 0. The van der Waals surface area contributed by atoms with Gasteiger partial charge in [0, 0.05) is 31.0 Å². The van der Waals surface area contributed by atoms with E-state index in [-0.39, 0.29) is 6.10 Å².